The van der Waals surface area contributed by atoms with Crippen LogP contribution in [0.1, 0.15) is 29.6 Å². The molecule has 2 atom stereocenters. The second-order valence-electron chi connectivity index (χ2n) is 4.75. The van der Waals surface area contributed by atoms with Crippen LogP contribution in [0, 0.1) is 0 Å². The number of ether oxygens (including phenoxy) is 1. The minimum Gasteiger partial charge on any atom is -0.406 e. The van der Waals surface area contributed by atoms with Crippen LogP contribution in [0.5, 0.6) is 5.75 Å². The van der Waals surface area contributed by atoms with Gasteiger partial charge in [0.25, 0.3) is 5.91 Å². The van der Waals surface area contributed by atoms with Crippen molar-refractivity contribution in [3.05, 3.63) is 29.8 Å². The zero-order valence-electron chi connectivity index (χ0n) is 10.6. The van der Waals surface area contributed by atoms with Crippen molar-refractivity contribution in [3.8, 4) is 5.75 Å². The summed E-state index contributed by atoms with van der Waals surface area (Å²) in [6.07, 6.45) is -2.09. The first-order valence-corrected chi connectivity index (χ1v) is 6.27. The maximum Gasteiger partial charge on any atom is 0.573 e. The molecule has 3 N–H and O–H groups in total. The van der Waals surface area contributed by atoms with Gasteiger partial charge in [0.05, 0.1) is 0 Å². The molecule has 110 valence electrons. The van der Waals surface area contributed by atoms with E-state index in [-0.39, 0.29) is 29.3 Å². The first kappa shape index (κ1) is 14.6. The van der Waals surface area contributed by atoms with E-state index in [1.54, 1.807) is 0 Å². The highest BCUT2D eigenvalue weighted by molar-refractivity contribution is 5.94. The van der Waals surface area contributed by atoms with Crippen LogP contribution in [0.15, 0.2) is 24.3 Å². The average Bonchev–Trinajstić information content (AvgIpc) is 2.74. The van der Waals surface area contributed by atoms with Crippen molar-refractivity contribution in [3.63, 3.8) is 0 Å². The third-order valence-corrected chi connectivity index (χ3v) is 3.24. The van der Waals surface area contributed by atoms with Crippen molar-refractivity contribution < 1.29 is 22.7 Å². The fourth-order valence-corrected chi connectivity index (χ4v) is 2.23. The molecule has 0 radical (unpaired) electrons. The van der Waals surface area contributed by atoms with E-state index < -0.39 is 6.36 Å². The van der Waals surface area contributed by atoms with E-state index in [2.05, 4.69) is 10.1 Å². The number of halogens is 3. The predicted molar refractivity (Wildman–Crippen MR) is 66.2 cm³/mol. The first-order valence-electron chi connectivity index (χ1n) is 6.27. The largest absolute Gasteiger partial charge is 0.573 e. The topological polar surface area (TPSA) is 64.3 Å². The van der Waals surface area contributed by atoms with Crippen LogP contribution >= 0.6 is 0 Å². The van der Waals surface area contributed by atoms with Gasteiger partial charge in [-0.25, -0.2) is 0 Å². The number of benzene rings is 1. The number of nitrogens with two attached hydrogens (primary N) is 1. The second kappa shape index (κ2) is 5.70. The van der Waals surface area contributed by atoms with E-state index in [0.29, 0.717) is 0 Å². The van der Waals surface area contributed by atoms with E-state index >= 15 is 0 Å². The molecule has 7 heteroatoms. The van der Waals surface area contributed by atoms with E-state index in [4.69, 9.17) is 5.73 Å². The summed E-state index contributed by atoms with van der Waals surface area (Å²) in [5.41, 5.74) is 6.12. The molecule has 0 heterocycles. The zero-order valence-corrected chi connectivity index (χ0v) is 10.6. The van der Waals surface area contributed by atoms with Crippen molar-refractivity contribution in [1.82, 2.24) is 5.32 Å². The Balaban J connectivity index is 1.97. The fraction of sp³-hybridized carbons (Fsp3) is 0.462. The van der Waals surface area contributed by atoms with Gasteiger partial charge in [0.2, 0.25) is 0 Å². The van der Waals surface area contributed by atoms with Gasteiger partial charge in [0.15, 0.2) is 0 Å². The Morgan fingerprint density at radius 1 is 1.25 bits per heavy atom. The lowest BCUT2D eigenvalue weighted by Crippen LogP contribution is -2.43. The molecule has 2 unspecified atom stereocenters. The van der Waals surface area contributed by atoms with Crippen LogP contribution in [0.3, 0.4) is 0 Å². The minimum atomic E-state index is -4.74. The van der Waals surface area contributed by atoms with Crippen LogP contribution in [0.4, 0.5) is 13.2 Å². The number of hydrogen-bond donors (Lipinski definition) is 2. The fourth-order valence-electron chi connectivity index (χ4n) is 2.23. The normalized spacial score (nSPS) is 22.6. The molecule has 0 spiro atoms. The molecule has 1 amide bonds. The molecular formula is C13H15F3N2O2. The Kier molecular flexibility index (Phi) is 4.17. The van der Waals surface area contributed by atoms with E-state index in [1.807, 2.05) is 0 Å². The van der Waals surface area contributed by atoms with Gasteiger partial charge in [-0.15, -0.1) is 13.2 Å². The Morgan fingerprint density at radius 3 is 2.40 bits per heavy atom. The molecule has 0 bridgehead atoms. The van der Waals surface area contributed by atoms with Crippen LogP contribution in [-0.4, -0.2) is 24.4 Å². The molecule has 1 fully saturated rings. The summed E-state index contributed by atoms with van der Waals surface area (Å²) in [4.78, 5) is 11.9. The molecule has 0 aliphatic heterocycles. The average molecular weight is 288 g/mol. The van der Waals surface area contributed by atoms with Crippen LogP contribution in [-0.2, 0) is 0 Å². The van der Waals surface area contributed by atoms with Crippen LogP contribution in [0.2, 0.25) is 0 Å². The van der Waals surface area contributed by atoms with Gasteiger partial charge in [-0.1, -0.05) is 0 Å². The molecule has 1 aliphatic rings. The molecule has 1 aliphatic carbocycles. The SMILES string of the molecule is NC1CCCC1NC(=O)c1ccc(OC(F)(F)F)cc1. The highest BCUT2D eigenvalue weighted by atomic mass is 19.4. The van der Waals surface area contributed by atoms with Crippen molar-refractivity contribution in [2.24, 2.45) is 5.73 Å². The molecular weight excluding hydrogens is 273 g/mol. The number of carbonyl (C=O) groups excluding carboxylic acids is 1. The Morgan fingerprint density at radius 2 is 1.90 bits per heavy atom. The van der Waals surface area contributed by atoms with Gasteiger partial charge in [-0.3, -0.25) is 4.79 Å². The number of amides is 1. The van der Waals surface area contributed by atoms with E-state index in [0.717, 1.165) is 31.4 Å². The van der Waals surface area contributed by atoms with Crippen molar-refractivity contribution in [1.29, 1.82) is 0 Å². The van der Waals surface area contributed by atoms with Gasteiger partial charge < -0.3 is 15.8 Å². The van der Waals surface area contributed by atoms with Crippen molar-refractivity contribution in [2.45, 2.75) is 37.7 Å². The highest BCUT2D eigenvalue weighted by Crippen LogP contribution is 2.23. The predicted octanol–water partition coefficient (Wildman–Crippen LogP) is 2.19. The van der Waals surface area contributed by atoms with E-state index in [9.17, 15) is 18.0 Å². The van der Waals surface area contributed by atoms with Crippen LogP contribution in [0.25, 0.3) is 0 Å². The molecule has 0 aromatic heterocycles. The maximum atomic E-state index is 12.0. The number of carbonyl (C=O) groups is 1. The Bertz CT molecular complexity index is 473. The quantitative estimate of drug-likeness (QED) is 0.896. The smallest absolute Gasteiger partial charge is 0.406 e. The van der Waals surface area contributed by atoms with Gasteiger partial charge in [-0.05, 0) is 43.5 Å². The third kappa shape index (κ3) is 3.86. The standard InChI is InChI=1S/C13H15F3N2O2/c14-13(15,16)20-9-6-4-8(5-7-9)12(19)18-11-3-1-2-10(11)17/h4-7,10-11H,1-3,17H2,(H,18,19). The van der Waals surface area contributed by atoms with Crippen LogP contribution < -0.4 is 15.8 Å². The van der Waals surface area contributed by atoms with Gasteiger partial charge in [0.1, 0.15) is 5.75 Å². The lowest BCUT2D eigenvalue weighted by molar-refractivity contribution is -0.274. The summed E-state index contributed by atoms with van der Waals surface area (Å²) >= 11 is 0. The van der Waals surface area contributed by atoms with Gasteiger partial charge in [0, 0.05) is 17.6 Å². The molecule has 20 heavy (non-hydrogen) atoms. The first-order chi connectivity index (χ1) is 9.35. The molecule has 0 saturated heterocycles. The number of nitrogens with one attached hydrogen (secondary N) is 1. The van der Waals surface area contributed by atoms with Gasteiger partial charge >= 0.3 is 6.36 Å². The summed E-state index contributed by atoms with van der Waals surface area (Å²) in [6.45, 7) is 0. The molecule has 1 aromatic carbocycles. The lowest BCUT2D eigenvalue weighted by atomic mass is 10.1. The minimum absolute atomic E-state index is 0.0632. The monoisotopic (exact) mass is 288 g/mol. The molecule has 1 saturated carbocycles. The van der Waals surface area contributed by atoms with E-state index in [1.165, 1.54) is 12.1 Å². The number of rotatable bonds is 3. The summed E-state index contributed by atoms with van der Waals surface area (Å²) in [5.74, 6) is -0.697. The molecule has 2 rings (SSSR count). The number of hydrogen-bond acceptors (Lipinski definition) is 3. The highest BCUT2D eigenvalue weighted by Gasteiger charge is 2.31. The molecule has 1 aromatic rings. The summed E-state index contributed by atoms with van der Waals surface area (Å²) in [6, 6.07) is 4.65. The Labute approximate surface area is 114 Å². The summed E-state index contributed by atoms with van der Waals surface area (Å²) in [7, 11) is 0. The maximum absolute atomic E-state index is 12.0. The lowest BCUT2D eigenvalue weighted by Gasteiger charge is -2.17. The van der Waals surface area contributed by atoms with Crippen molar-refractivity contribution >= 4 is 5.91 Å². The second-order valence-corrected chi connectivity index (χ2v) is 4.75. The molecule has 4 nitrogen and oxygen atoms in total. The van der Waals surface area contributed by atoms with Gasteiger partial charge in [-0.2, -0.15) is 0 Å². The number of alkyl halides is 3. The zero-order chi connectivity index (χ0) is 14.8. The summed E-state index contributed by atoms with van der Waals surface area (Å²) < 4.78 is 39.7. The summed E-state index contributed by atoms with van der Waals surface area (Å²) in [5, 5.41) is 2.79. The third-order valence-electron chi connectivity index (χ3n) is 3.24. The van der Waals surface area contributed by atoms with Crippen molar-refractivity contribution in [2.75, 3.05) is 0 Å². The Hall–Kier alpha value is -1.76.